The minimum absolute atomic E-state index is 0.00390. The average Bonchev–Trinajstić information content (AvgIpc) is 2.97. The molecule has 0 spiro atoms. The Bertz CT molecular complexity index is 1050. The van der Waals surface area contributed by atoms with Crippen LogP contribution < -0.4 is 15.0 Å². The SMILES string of the molecule is CC1(C)Cc2cccc(Oc3cnn(Cc4ccccc4)c(=O)c3Cl)c2O1. The fourth-order valence-electron chi connectivity index (χ4n) is 3.18. The third-order valence-electron chi connectivity index (χ3n) is 4.40. The third-order valence-corrected chi connectivity index (χ3v) is 4.75. The summed E-state index contributed by atoms with van der Waals surface area (Å²) in [5, 5.41) is 4.20. The summed E-state index contributed by atoms with van der Waals surface area (Å²) in [7, 11) is 0. The highest BCUT2D eigenvalue weighted by molar-refractivity contribution is 6.31. The summed E-state index contributed by atoms with van der Waals surface area (Å²) < 4.78 is 13.2. The Morgan fingerprint density at radius 3 is 2.70 bits per heavy atom. The number of aromatic nitrogens is 2. The number of fused-ring (bicyclic) bond motifs is 1. The maximum absolute atomic E-state index is 12.6. The molecule has 0 N–H and O–H groups in total. The molecule has 6 heteroatoms. The van der Waals surface area contributed by atoms with Crippen molar-refractivity contribution >= 4 is 11.6 Å². The standard InChI is InChI=1S/C21H19ClN2O3/c1-21(2)11-15-9-6-10-16(19(15)27-21)26-17-12-23-24(20(25)18(17)22)13-14-7-4-3-5-8-14/h3-10,12H,11,13H2,1-2H3. The predicted molar refractivity (Wildman–Crippen MR) is 104 cm³/mol. The van der Waals surface area contributed by atoms with Gasteiger partial charge in [0.05, 0.1) is 12.7 Å². The Labute approximate surface area is 162 Å². The number of ether oxygens (including phenoxy) is 2. The molecule has 2 heterocycles. The van der Waals surface area contributed by atoms with Crippen molar-refractivity contribution in [2.24, 2.45) is 0 Å². The highest BCUT2D eigenvalue weighted by Gasteiger charge is 2.32. The number of rotatable bonds is 4. The molecule has 0 bridgehead atoms. The van der Waals surface area contributed by atoms with Crippen molar-refractivity contribution in [1.82, 2.24) is 9.78 Å². The molecule has 0 fully saturated rings. The summed E-state index contributed by atoms with van der Waals surface area (Å²) in [6.07, 6.45) is 2.26. The molecule has 1 aromatic heterocycles. The van der Waals surface area contributed by atoms with Crippen LogP contribution in [0.2, 0.25) is 5.02 Å². The lowest BCUT2D eigenvalue weighted by molar-refractivity contribution is 0.135. The van der Waals surface area contributed by atoms with Gasteiger partial charge in [0, 0.05) is 12.0 Å². The lowest BCUT2D eigenvalue weighted by Crippen LogP contribution is -2.25. The van der Waals surface area contributed by atoms with E-state index in [0.717, 1.165) is 17.5 Å². The van der Waals surface area contributed by atoms with Gasteiger partial charge in [-0.25, -0.2) is 4.68 Å². The number of nitrogens with zero attached hydrogens (tertiary/aromatic N) is 2. The maximum Gasteiger partial charge on any atom is 0.289 e. The van der Waals surface area contributed by atoms with E-state index in [1.54, 1.807) is 6.07 Å². The van der Waals surface area contributed by atoms with E-state index >= 15 is 0 Å². The van der Waals surface area contributed by atoms with E-state index in [0.29, 0.717) is 18.0 Å². The van der Waals surface area contributed by atoms with Gasteiger partial charge in [-0.15, -0.1) is 0 Å². The predicted octanol–water partition coefficient (Wildman–Crippen LogP) is 4.45. The van der Waals surface area contributed by atoms with E-state index in [4.69, 9.17) is 21.1 Å². The van der Waals surface area contributed by atoms with E-state index < -0.39 is 5.56 Å². The molecule has 0 saturated heterocycles. The summed E-state index contributed by atoms with van der Waals surface area (Å²) in [6.45, 7) is 4.39. The molecule has 5 nitrogen and oxygen atoms in total. The third kappa shape index (κ3) is 3.55. The Balaban J connectivity index is 1.63. The van der Waals surface area contributed by atoms with Crippen LogP contribution in [0.4, 0.5) is 0 Å². The fourth-order valence-corrected chi connectivity index (χ4v) is 3.36. The molecule has 1 aliphatic heterocycles. The van der Waals surface area contributed by atoms with Gasteiger partial charge in [0.1, 0.15) is 5.60 Å². The van der Waals surface area contributed by atoms with E-state index in [2.05, 4.69) is 5.10 Å². The highest BCUT2D eigenvalue weighted by atomic mass is 35.5. The van der Waals surface area contributed by atoms with Crippen molar-refractivity contribution in [3.05, 3.63) is 81.2 Å². The molecule has 4 rings (SSSR count). The maximum atomic E-state index is 12.6. The smallest absolute Gasteiger partial charge is 0.289 e. The molecule has 3 aromatic rings. The molecular formula is C21H19ClN2O3. The van der Waals surface area contributed by atoms with Crippen LogP contribution in [0.1, 0.15) is 25.0 Å². The van der Waals surface area contributed by atoms with E-state index in [-0.39, 0.29) is 16.4 Å². The summed E-state index contributed by atoms with van der Waals surface area (Å²) in [6, 6.07) is 15.3. The first-order valence-corrected chi connectivity index (χ1v) is 9.09. The minimum atomic E-state index is -0.396. The average molecular weight is 383 g/mol. The van der Waals surface area contributed by atoms with Gasteiger partial charge in [-0.2, -0.15) is 5.10 Å². The van der Waals surface area contributed by atoms with Gasteiger partial charge in [0.25, 0.3) is 5.56 Å². The Morgan fingerprint density at radius 2 is 1.93 bits per heavy atom. The van der Waals surface area contributed by atoms with Gasteiger partial charge in [0.2, 0.25) is 0 Å². The monoisotopic (exact) mass is 382 g/mol. The van der Waals surface area contributed by atoms with Crippen molar-refractivity contribution < 1.29 is 9.47 Å². The zero-order chi connectivity index (χ0) is 19.0. The van der Waals surface area contributed by atoms with Crippen molar-refractivity contribution in [3.63, 3.8) is 0 Å². The van der Waals surface area contributed by atoms with Crippen LogP contribution in [-0.2, 0) is 13.0 Å². The largest absolute Gasteiger partial charge is 0.483 e. The molecule has 2 aromatic carbocycles. The molecule has 0 amide bonds. The van der Waals surface area contributed by atoms with Crippen molar-refractivity contribution in [2.45, 2.75) is 32.4 Å². The normalized spacial score (nSPS) is 14.5. The molecule has 0 unspecified atom stereocenters. The van der Waals surface area contributed by atoms with E-state index in [1.165, 1.54) is 10.9 Å². The van der Waals surface area contributed by atoms with Gasteiger partial charge in [0.15, 0.2) is 22.3 Å². The second-order valence-electron chi connectivity index (χ2n) is 7.16. The zero-order valence-corrected chi connectivity index (χ0v) is 15.9. The summed E-state index contributed by atoms with van der Waals surface area (Å²) in [5.41, 5.74) is 1.35. The lowest BCUT2D eigenvalue weighted by atomic mass is 10.0. The van der Waals surface area contributed by atoms with Crippen LogP contribution in [0, 0.1) is 0 Å². The van der Waals surface area contributed by atoms with Crippen LogP contribution in [0.25, 0.3) is 0 Å². The topological polar surface area (TPSA) is 53.4 Å². The summed E-state index contributed by atoms with van der Waals surface area (Å²) >= 11 is 6.28. The lowest BCUT2D eigenvalue weighted by Gasteiger charge is -2.18. The Morgan fingerprint density at radius 1 is 1.15 bits per heavy atom. The molecule has 27 heavy (non-hydrogen) atoms. The Hall–Kier alpha value is -2.79. The molecule has 0 radical (unpaired) electrons. The van der Waals surface area contributed by atoms with Crippen molar-refractivity contribution in [3.8, 4) is 17.2 Å². The van der Waals surface area contributed by atoms with Crippen molar-refractivity contribution in [1.29, 1.82) is 0 Å². The number of benzene rings is 2. The van der Waals surface area contributed by atoms with Gasteiger partial charge in [-0.05, 0) is 25.5 Å². The summed E-state index contributed by atoms with van der Waals surface area (Å²) in [5.74, 6) is 1.43. The minimum Gasteiger partial charge on any atom is -0.483 e. The van der Waals surface area contributed by atoms with Crippen LogP contribution in [0.5, 0.6) is 17.2 Å². The summed E-state index contributed by atoms with van der Waals surface area (Å²) in [4.78, 5) is 12.6. The molecule has 1 aliphatic rings. The number of halogens is 1. The first-order valence-electron chi connectivity index (χ1n) is 8.71. The molecule has 0 atom stereocenters. The second-order valence-corrected chi connectivity index (χ2v) is 7.53. The number of hydrogen-bond acceptors (Lipinski definition) is 4. The fraction of sp³-hybridized carbons (Fsp3) is 0.238. The van der Waals surface area contributed by atoms with Crippen LogP contribution in [0.3, 0.4) is 0 Å². The first kappa shape index (κ1) is 17.6. The Kier molecular flexibility index (Phi) is 4.40. The van der Waals surface area contributed by atoms with Gasteiger partial charge in [-0.3, -0.25) is 4.79 Å². The van der Waals surface area contributed by atoms with Crippen molar-refractivity contribution in [2.75, 3.05) is 0 Å². The van der Waals surface area contributed by atoms with Gasteiger partial charge >= 0.3 is 0 Å². The number of hydrogen-bond donors (Lipinski definition) is 0. The highest BCUT2D eigenvalue weighted by Crippen LogP contribution is 2.43. The van der Waals surface area contributed by atoms with Crippen LogP contribution >= 0.6 is 11.6 Å². The molecule has 138 valence electrons. The van der Waals surface area contributed by atoms with Gasteiger partial charge in [-0.1, -0.05) is 54.1 Å². The van der Waals surface area contributed by atoms with Gasteiger partial charge < -0.3 is 9.47 Å². The molecule has 0 aliphatic carbocycles. The zero-order valence-electron chi connectivity index (χ0n) is 15.1. The molecule has 0 saturated carbocycles. The van der Waals surface area contributed by atoms with E-state index in [1.807, 2.05) is 56.3 Å². The second kappa shape index (κ2) is 6.74. The van der Waals surface area contributed by atoms with E-state index in [9.17, 15) is 4.79 Å². The molecular weight excluding hydrogens is 364 g/mol. The van der Waals surface area contributed by atoms with Crippen LogP contribution in [0.15, 0.2) is 59.5 Å². The number of para-hydroxylation sites is 1. The van der Waals surface area contributed by atoms with Crippen LogP contribution in [-0.4, -0.2) is 15.4 Å². The first-order chi connectivity index (χ1) is 12.9. The quantitative estimate of drug-likeness (QED) is 0.669.